The van der Waals surface area contributed by atoms with Gasteiger partial charge >= 0.3 is 12.4 Å². The number of aromatic nitrogens is 2. The van der Waals surface area contributed by atoms with Crippen LogP contribution in [0.4, 0.5) is 26.3 Å². The van der Waals surface area contributed by atoms with Crippen LogP contribution in [-0.4, -0.2) is 9.13 Å². The van der Waals surface area contributed by atoms with E-state index in [2.05, 4.69) is 24.3 Å². The van der Waals surface area contributed by atoms with Crippen molar-refractivity contribution in [2.45, 2.75) is 12.4 Å². The number of nitrogens with zero attached hydrogens (tertiary/aromatic N) is 7. The van der Waals surface area contributed by atoms with E-state index in [1.807, 2.05) is 6.07 Å². The maximum atomic E-state index is 14.7. The average molecular weight is 746 g/mol. The fourth-order valence-corrected chi connectivity index (χ4v) is 7.39. The molecule has 56 heavy (non-hydrogen) atoms. The molecule has 13 heteroatoms. The normalized spacial score (nSPS) is 11.7. The first-order valence-corrected chi connectivity index (χ1v) is 16.4. The van der Waals surface area contributed by atoms with Gasteiger partial charge in [-0.2, -0.15) is 52.7 Å². The van der Waals surface area contributed by atoms with Crippen LogP contribution < -0.4 is 0 Å². The molecule has 0 aliphatic rings. The highest BCUT2D eigenvalue weighted by Gasteiger charge is 2.42. The molecule has 0 saturated heterocycles. The summed E-state index contributed by atoms with van der Waals surface area (Å²) in [5, 5.41) is 51.6. The van der Waals surface area contributed by atoms with E-state index in [-0.39, 0.29) is 33.6 Å². The Morgan fingerprint density at radius 3 is 1.05 bits per heavy atom. The Morgan fingerprint density at radius 2 is 0.750 bits per heavy atom. The largest absolute Gasteiger partial charge is 0.417 e. The number of halogens is 6. The summed E-state index contributed by atoms with van der Waals surface area (Å²) in [6.45, 7) is 0. The summed E-state index contributed by atoms with van der Waals surface area (Å²) >= 11 is 0. The molecule has 0 aliphatic heterocycles. The minimum atomic E-state index is -5.26. The fraction of sp³-hybridized carbons (Fsp3) is 0.0465. The molecule has 0 atom stereocenters. The molecule has 0 spiro atoms. The third-order valence-corrected chi connectivity index (χ3v) is 9.71. The summed E-state index contributed by atoms with van der Waals surface area (Å²) in [6, 6.07) is 33.0. The third-order valence-electron chi connectivity index (χ3n) is 9.71. The smallest absolute Gasteiger partial charge is 0.307 e. The molecule has 7 nitrogen and oxygen atoms in total. The zero-order valence-corrected chi connectivity index (χ0v) is 28.2. The summed E-state index contributed by atoms with van der Waals surface area (Å²) in [5.41, 5.74) is -2.74. The third kappa shape index (κ3) is 5.33. The van der Waals surface area contributed by atoms with Crippen molar-refractivity contribution in [1.29, 1.82) is 26.3 Å². The molecular formula is C43H17F6N7. The van der Waals surface area contributed by atoms with E-state index in [1.54, 1.807) is 57.7 Å². The molecular weight excluding hydrogens is 729 g/mol. The van der Waals surface area contributed by atoms with Gasteiger partial charge in [-0.15, -0.1) is 0 Å². The molecule has 0 aliphatic carbocycles. The molecule has 0 amide bonds. The van der Waals surface area contributed by atoms with E-state index in [1.165, 1.54) is 30.3 Å². The van der Waals surface area contributed by atoms with Crippen LogP contribution in [0.2, 0.25) is 0 Å². The van der Waals surface area contributed by atoms with Crippen LogP contribution in [-0.2, 0) is 12.4 Å². The molecule has 2 aromatic heterocycles. The van der Waals surface area contributed by atoms with Crippen molar-refractivity contribution in [3.8, 4) is 52.8 Å². The molecule has 0 saturated carbocycles. The number of rotatable bonds is 3. The van der Waals surface area contributed by atoms with Gasteiger partial charge in [0.1, 0.15) is 0 Å². The van der Waals surface area contributed by atoms with Crippen LogP contribution in [0.3, 0.4) is 0 Å². The number of hydrogen-bond acceptors (Lipinski definition) is 5. The maximum absolute atomic E-state index is 14.7. The lowest BCUT2D eigenvalue weighted by Crippen LogP contribution is -2.15. The van der Waals surface area contributed by atoms with Crippen LogP contribution in [0.25, 0.3) is 66.1 Å². The Balaban J connectivity index is 1.63. The summed E-state index contributed by atoms with van der Waals surface area (Å²) in [7, 11) is 0. The maximum Gasteiger partial charge on any atom is 0.417 e. The van der Waals surface area contributed by atoms with E-state index >= 15 is 0 Å². The van der Waals surface area contributed by atoms with Gasteiger partial charge in [0.15, 0.2) is 0 Å². The van der Waals surface area contributed by atoms with Gasteiger partial charge in [0, 0.05) is 32.7 Å². The van der Waals surface area contributed by atoms with Crippen LogP contribution >= 0.6 is 0 Å². The Kier molecular flexibility index (Phi) is 7.83. The van der Waals surface area contributed by atoms with E-state index in [9.17, 15) is 52.7 Å². The molecule has 0 bridgehead atoms. The molecule has 266 valence electrons. The first kappa shape index (κ1) is 35.0. The lowest BCUT2D eigenvalue weighted by Gasteiger charge is -2.23. The van der Waals surface area contributed by atoms with E-state index in [0.29, 0.717) is 61.8 Å². The number of hydrogen-bond donors (Lipinski definition) is 0. The molecule has 8 aromatic rings. The van der Waals surface area contributed by atoms with E-state index < -0.39 is 40.2 Å². The van der Waals surface area contributed by atoms with Crippen LogP contribution in [0.15, 0.2) is 103 Å². The van der Waals surface area contributed by atoms with Gasteiger partial charge in [0.2, 0.25) is 0 Å². The zero-order valence-electron chi connectivity index (χ0n) is 28.2. The number of alkyl halides is 6. The minimum absolute atomic E-state index is 0.0334. The first-order valence-electron chi connectivity index (χ1n) is 16.4. The molecule has 6 aromatic carbocycles. The summed E-state index contributed by atoms with van der Waals surface area (Å²) < 4.78 is 91.4. The Hall–Kier alpha value is -8.05. The van der Waals surface area contributed by atoms with Crippen molar-refractivity contribution >= 4 is 43.6 Å². The Morgan fingerprint density at radius 1 is 0.411 bits per heavy atom. The van der Waals surface area contributed by atoms with Gasteiger partial charge in [0.05, 0.1) is 103 Å². The molecule has 0 fully saturated rings. The predicted molar refractivity (Wildman–Crippen MR) is 194 cm³/mol. The average Bonchev–Trinajstić information content (AvgIpc) is 3.70. The fourth-order valence-electron chi connectivity index (χ4n) is 7.39. The van der Waals surface area contributed by atoms with Crippen molar-refractivity contribution in [3.63, 3.8) is 0 Å². The predicted octanol–water partition coefficient (Wildman–Crippen LogP) is 10.9. The van der Waals surface area contributed by atoms with Crippen molar-refractivity contribution in [2.24, 2.45) is 0 Å². The second-order valence-corrected chi connectivity index (χ2v) is 12.8. The van der Waals surface area contributed by atoms with Gasteiger partial charge in [-0.1, -0.05) is 6.07 Å². The summed E-state index contributed by atoms with van der Waals surface area (Å²) in [6.07, 6.45) is -10.5. The van der Waals surface area contributed by atoms with Gasteiger partial charge in [-0.3, -0.25) is 0 Å². The Labute approximate surface area is 312 Å². The SMILES string of the molecule is N#Cc1ccc2c(c1)c1cc(C#N)ccc1n2-c1cc(C#N)c(-c2c(C(F)(F)F)cccc2C(F)(F)F)cc1-n1c2ccc(C#N)cc2c2cc(C#N)ccc21. The van der Waals surface area contributed by atoms with Gasteiger partial charge < -0.3 is 9.13 Å². The van der Waals surface area contributed by atoms with Crippen molar-refractivity contribution in [3.05, 3.63) is 142 Å². The lowest BCUT2D eigenvalue weighted by atomic mass is 9.89. The zero-order chi connectivity index (χ0) is 39.7. The van der Waals surface area contributed by atoms with Crippen molar-refractivity contribution in [2.75, 3.05) is 0 Å². The molecule has 0 N–H and O–H groups in total. The Bertz CT molecular complexity index is 3060. The van der Waals surface area contributed by atoms with Crippen LogP contribution in [0.1, 0.15) is 38.9 Å². The van der Waals surface area contributed by atoms with Crippen molar-refractivity contribution < 1.29 is 26.3 Å². The first-order chi connectivity index (χ1) is 26.8. The highest BCUT2D eigenvalue weighted by molar-refractivity contribution is 6.12. The minimum Gasteiger partial charge on any atom is -0.307 e. The van der Waals surface area contributed by atoms with Gasteiger partial charge in [0.25, 0.3) is 0 Å². The summed E-state index contributed by atoms with van der Waals surface area (Å²) in [5.74, 6) is 0. The summed E-state index contributed by atoms with van der Waals surface area (Å²) in [4.78, 5) is 0. The second-order valence-electron chi connectivity index (χ2n) is 12.8. The highest BCUT2D eigenvalue weighted by Crippen LogP contribution is 2.48. The van der Waals surface area contributed by atoms with E-state index in [4.69, 9.17) is 0 Å². The van der Waals surface area contributed by atoms with Gasteiger partial charge in [-0.05, 0) is 97.1 Å². The van der Waals surface area contributed by atoms with E-state index in [0.717, 1.165) is 6.07 Å². The molecule has 0 unspecified atom stereocenters. The number of benzene rings is 6. The molecule has 0 radical (unpaired) electrons. The van der Waals surface area contributed by atoms with Crippen LogP contribution in [0.5, 0.6) is 0 Å². The topological polar surface area (TPSA) is 129 Å². The molecule has 8 rings (SSSR count). The molecule has 2 heterocycles. The van der Waals surface area contributed by atoms with Crippen molar-refractivity contribution in [1.82, 2.24) is 9.13 Å². The van der Waals surface area contributed by atoms with Gasteiger partial charge in [-0.25, -0.2) is 0 Å². The lowest BCUT2D eigenvalue weighted by molar-refractivity contribution is -0.142. The highest BCUT2D eigenvalue weighted by atomic mass is 19.4. The quantitative estimate of drug-likeness (QED) is 0.166. The van der Waals surface area contributed by atoms with Crippen LogP contribution in [0, 0.1) is 56.7 Å². The number of nitriles is 5. The monoisotopic (exact) mass is 745 g/mol. The second kappa shape index (κ2) is 12.5. The standard InChI is InChI=1S/C43H17F6N7/c44-42(45,46)33-2-1-3-34(43(47,48)49)41(33)28-17-40(56-37-10-6-25(20-52)14-31(37)32-15-26(21-53)7-11-38(32)56)39(16-27(28)22-54)55-35-8-4-23(18-50)12-29(35)30-13-24(19-51)5-9-36(30)55/h1-17H. The number of fused-ring (bicyclic) bond motifs is 6.